The van der Waals surface area contributed by atoms with Crippen molar-refractivity contribution in [2.75, 3.05) is 0 Å². The third kappa shape index (κ3) is 3.08. The van der Waals surface area contributed by atoms with Gasteiger partial charge in [0.05, 0.1) is 11.0 Å². The number of nitrogens with zero attached hydrogens (tertiary/aromatic N) is 1. The summed E-state index contributed by atoms with van der Waals surface area (Å²) in [5.74, 6) is 5.43. The van der Waals surface area contributed by atoms with E-state index in [4.69, 9.17) is 0 Å². The van der Waals surface area contributed by atoms with Gasteiger partial charge in [-0.25, -0.2) is 0 Å². The van der Waals surface area contributed by atoms with E-state index in [0.717, 1.165) is 0 Å². The first-order chi connectivity index (χ1) is 7.15. The summed E-state index contributed by atoms with van der Waals surface area (Å²) in [5, 5.41) is 20.0. The summed E-state index contributed by atoms with van der Waals surface area (Å²) < 4.78 is 0. The van der Waals surface area contributed by atoms with Crippen molar-refractivity contribution in [2.45, 2.75) is 19.4 Å². The molecule has 0 spiro atoms. The lowest BCUT2D eigenvalue weighted by Gasteiger charge is -2.06. The van der Waals surface area contributed by atoms with Crippen LogP contribution in [0.15, 0.2) is 24.3 Å². The largest absolute Gasteiger partial charge is 0.387 e. The molecular formula is C11H11NO3. The molecule has 0 aromatic heterocycles. The molecule has 78 valence electrons. The molecule has 0 aliphatic rings. The number of nitro groups is 1. The van der Waals surface area contributed by atoms with Crippen molar-refractivity contribution >= 4 is 5.69 Å². The van der Waals surface area contributed by atoms with Gasteiger partial charge in [-0.2, -0.15) is 0 Å². The zero-order chi connectivity index (χ0) is 11.3. The standard InChI is InChI=1S/C11H11NO3/c1-2-3-4-11(13)9-5-7-10(8-6-9)12(14)15/h5-8,11,13H,4H2,1H3. The zero-order valence-corrected chi connectivity index (χ0v) is 8.30. The minimum atomic E-state index is -0.682. The van der Waals surface area contributed by atoms with Gasteiger partial charge in [0.25, 0.3) is 5.69 Å². The van der Waals surface area contributed by atoms with Crippen molar-refractivity contribution in [2.24, 2.45) is 0 Å². The second-order valence-electron chi connectivity index (χ2n) is 3.00. The summed E-state index contributed by atoms with van der Waals surface area (Å²) in [4.78, 5) is 9.90. The highest BCUT2D eigenvalue weighted by Crippen LogP contribution is 2.19. The minimum Gasteiger partial charge on any atom is -0.387 e. The van der Waals surface area contributed by atoms with E-state index in [-0.39, 0.29) is 5.69 Å². The Bertz CT molecular complexity index is 400. The number of aliphatic hydroxyl groups is 1. The van der Waals surface area contributed by atoms with Gasteiger partial charge in [0.1, 0.15) is 0 Å². The second-order valence-corrected chi connectivity index (χ2v) is 3.00. The lowest BCUT2D eigenvalue weighted by molar-refractivity contribution is -0.384. The molecule has 1 rings (SSSR count). The molecule has 0 fully saturated rings. The van der Waals surface area contributed by atoms with Crippen molar-refractivity contribution in [3.05, 3.63) is 39.9 Å². The van der Waals surface area contributed by atoms with Crippen LogP contribution in [0.3, 0.4) is 0 Å². The highest BCUT2D eigenvalue weighted by atomic mass is 16.6. The number of hydrogen-bond donors (Lipinski definition) is 1. The lowest BCUT2D eigenvalue weighted by Crippen LogP contribution is -1.96. The number of aliphatic hydroxyl groups excluding tert-OH is 1. The van der Waals surface area contributed by atoms with Gasteiger partial charge < -0.3 is 5.11 Å². The van der Waals surface area contributed by atoms with Crippen LogP contribution < -0.4 is 0 Å². The average Bonchev–Trinajstić information content (AvgIpc) is 2.26. The number of hydrogen-bond acceptors (Lipinski definition) is 3. The first-order valence-corrected chi connectivity index (χ1v) is 4.47. The molecule has 1 atom stereocenters. The van der Waals surface area contributed by atoms with Crippen molar-refractivity contribution in [1.82, 2.24) is 0 Å². The summed E-state index contributed by atoms with van der Waals surface area (Å²) in [6.45, 7) is 1.70. The van der Waals surface area contributed by atoms with E-state index in [0.29, 0.717) is 12.0 Å². The SMILES string of the molecule is CC#CCC(O)c1ccc([N+](=O)[O-])cc1. The summed E-state index contributed by atoms with van der Waals surface area (Å²) in [6, 6.07) is 5.83. The Labute approximate surface area is 87.7 Å². The van der Waals surface area contributed by atoms with Gasteiger partial charge in [0.15, 0.2) is 0 Å². The molecule has 4 nitrogen and oxygen atoms in total. The fourth-order valence-electron chi connectivity index (χ4n) is 1.13. The third-order valence-corrected chi connectivity index (χ3v) is 1.96. The molecule has 0 aliphatic heterocycles. The van der Waals surface area contributed by atoms with Gasteiger partial charge in [-0.05, 0) is 24.6 Å². The molecule has 0 amide bonds. The van der Waals surface area contributed by atoms with Crippen LogP contribution in [0.4, 0.5) is 5.69 Å². The Hall–Kier alpha value is -1.86. The van der Waals surface area contributed by atoms with Crippen LogP contribution in [0.2, 0.25) is 0 Å². The predicted molar refractivity (Wildman–Crippen MR) is 56.1 cm³/mol. The molecule has 0 radical (unpaired) electrons. The zero-order valence-electron chi connectivity index (χ0n) is 8.30. The Morgan fingerprint density at radius 3 is 2.53 bits per heavy atom. The van der Waals surface area contributed by atoms with Crippen LogP contribution in [0, 0.1) is 22.0 Å². The smallest absolute Gasteiger partial charge is 0.269 e. The molecule has 1 unspecified atom stereocenters. The monoisotopic (exact) mass is 205 g/mol. The Kier molecular flexibility index (Phi) is 3.83. The first kappa shape index (κ1) is 11.2. The topological polar surface area (TPSA) is 63.4 Å². The fourth-order valence-corrected chi connectivity index (χ4v) is 1.13. The maximum absolute atomic E-state index is 10.4. The summed E-state index contributed by atoms with van der Waals surface area (Å²) >= 11 is 0. The normalized spacial score (nSPS) is 11.3. The van der Waals surface area contributed by atoms with E-state index in [1.54, 1.807) is 19.1 Å². The summed E-state index contributed by atoms with van der Waals surface area (Å²) in [6.07, 6.45) is -0.341. The average molecular weight is 205 g/mol. The van der Waals surface area contributed by atoms with Gasteiger partial charge in [-0.15, -0.1) is 11.8 Å². The highest BCUT2D eigenvalue weighted by molar-refractivity contribution is 5.34. The van der Waals surface area contributed by atoms with Crippen molar-refractivity contribution < 1.29 is 10.0 Å². The molecule has 0 bridgehead atoms. The minimum absolute atomic E-state index is 0.0209. The van der Waals surface area contributed by atoms with Crippen LogP contribution >= 0.6 is 0 Å². The van der Waals surface area contributed by atoms with E-state index in [2.05, 4.69) is 11.8 Å². The quantitative estimate of drug-likeness (QED) is 0.466. The number of benzene rings is 1. The molecule has 4 heteroatoms. The van der Waals surface area contributed by atoms with Gasteiger partial charge in [-0.1, -0.05) is 0 Å². The summed E-state index contributed by atoms with van der Waals surface area (Å²) in [5.41, 5.74) is 0.663. The molecule has 1 aromatic carbocycles. The Morgan fingerprint density at radius 1 is 1.47 bits per heavy atom. The van der Waals surface area contributed by atoms with Gasteiger partial charge in [-0.3, -0.25) is 10.1 Å². The predicted octanol–water partition coefficient (Wildman–Crippen LogP) is 2.04. The maximum atomic E-state index is 10.4. The van der Waals surface area contributed by atoms with Gasteiger partial charge >= 0.3 is 0 Å². The molecule has 1 N–H and O–H groups in total. The van der Waals surface area contributed by atoms with Crippen LogP contribution in [-0.4, -0.2) is 10.0 Å². The fraction of sp³-hybridized carbons (Fsp3) is 0.273. The van der Waals surface area contributed by atoms with E-state index in [1.807, 2.05) is 0 Å². The molecule has 0 aliphatic carbocycles. The number of rotatable bonds is 3. The van der Waals surface area contributed by atoms with Crippen molar-refractivity contribution in [3.63, 3.8) is 0 Å². The molecule has 0 heterocycles. The van der Waals surface area contributed by atoms with E-state index in [9.17, 15) is 15.2 Å². The number of non-ortho nitro benzene ring substituents is 1. The van der Waals surface area contributed by atoms with Crippen molar-refractivity contribution in [3.8, 4) is 11.8 Å². The van der Waals surface area contributed by atoms with E-state index in [1.165, 1.54) is 12.1 Å². The summed E-state index contributed by atoms with van der Waals surface area (Å²) in [7, 11) is 0. The third-order valence-electron chi connectivity index (χ3n) is 1.96. The van der Waals surface area contributed by atoms with Crippen LogP contribution in [0.5, 0.6) is 0 Å². The molecule has 1 aromatic rings. The first-order valence-electron chi connectivity index (χ1n) is 4.47. The lowest BCUT2D eigenvalue weighted by atomic mass is 10.1. The highest BCUT2D eigenvalue weighted by Gasteiger charge is 2.08. The molecule has 15 heavy (non-hydrogen) atoms. The Balaban J connectivity index is 2.78. The Morgan fingerprint density at radius 2 is 2.07 bits per heavy atom. The van der Waals surface area contributed by atoms with Gasteiger partial charge in [0, 0.05) is 18.6 Å². The molecular weight excluding hydrogens is 194 g/mol. The van der Waals surface area contributed by atoms with E-state index >= 15 is 0 Å². The van der Waals surface area contributed by atoms with Crippen LogP contribution in [0.1, 0.15) is 25.0 Å². The number of nitro benzene ring substituents is 1. The van der Waals surface area contributed by atoms with E-state index < -0.39 is 11.0 Å². The van der Waals surface area contributed by atoms with Crippen LogP contribution in [0.25, 0.3) is 0 Å². The van der Waals surface area contributed by atoms with Gasteiger partial charge in [0.2, 0.25) is 0 Å². The maximum Gasteiger partial charge on any atom is 0.269 e. The van der Waals surface area contributed by atoms with Crippen LogP contribution in [-0.2, 0) is 0 Å². The molecule has 0 saturated heterocycles. The molecule has 0 saturated carbocycles. The second kappa shape index (κ2) is 5.13. The van der Waals surface area contributed by atoms with Crippen molar-refractivity contribution in [1.29, 1.82) is 0 Å².